The van der Waals surface area contributed by atoms with E-state index >= 15 is 0 Å². The number of hydrogen-bond acceptors (Lipinski definition) is 6. The summed E-state index contributed by atoms with van der Waals surface area (Å²) in [5.41, 5.74) is -0.259. The van der Waals surface area contributed by atoms with Gasteiger partial charge in [-0.05, 0) is 6.92 Å². The van der Waals surface area contributed by atoms with Gasteiger partial charge in [0.15, 0.2) is 0 Å². The minimum atomic E-state index is -0.275. The molecule has 3 heterocycles. The molecule has 2 fully saturated rings. The van der Waals surface area contributed by atoms with Gasteiger partial charge in [0, 0.05) is 25.9 Å². The maximum atomic E-state index is 11.1. The molecule has 98 valence electrons. The van der Waals surface area contributed by atoms with Crippen molar-refractivity contribution in [2.75, 3.05) is 19.6 Å². The topological polar surface area (TPSA) is 67.4 Å². The fraction of sp³-hybridized carbons (Fsp3) is 0.727. The number of carbonyl (C=O) groups is 1. The number of nitrogens with one attached hydrogen (secondary N) is 1. The zero-order valence-electron chi connectivity index (χ0n) is 10.3. The number of rotatable bonds is 2. The van der Waals surface area contributed by atoms with Crippen LogP contribution in [0.1, 0.15) is 22.9 Å². The Morgan fingerprint density at radius 1 is 1.44 bits per heavy atom. The fourth-order valence-electron chi connectivity index (χ4n) is 2.49. The summed E-state index contributed by atoms with van der Waals surface area (Å²) in [4.78, 5) is 13.5. The van der Waals surface area contributed by atoms with Gasteiger partial charge in [-0.15, -0.1) is 21.5 Å². The zero-order chi connectivity index (χ0) is 12.6. The molecule has 1 aromatic heterocycles. The van der Waals surface area contributed by atoms with Gasteiger partial charge < -0.3 is 10.1 Å². The normalized spacial score (nSPS) is 23.1. The second-order valence-electron chi connectivity index (χ2n) is 4.92. The van der Waals surface area contributed by atoms with Crippen molar-refractivity contribution >= 4 is 17.4 Å². The standard InChI is InChI=1S/C11H16N4O2S/c1-8-13-14-9(18-8)6-15-4-2-11(3-5-15)7-12-10(16)17-11/h2-7H2,1H3,(H,12,16). The van der Waals surface area contributed by atoms with Crippen molar-refractivity contribution < 1.29 is 9.53 Å². The summed E-state index contributed by atoms with van der Waals surface area (Å²) in [5.74, 6) is 0. The number of aryl methyl sites for hydroxylation is 1. The zero-order valence-corrected chi connectivity index (χ0v) is 11.1. The molecular weight excluding hydrogens is 252 g/mol. The smallest absolute Gasteiger partial charge is 0.407 e. The summed E-state index contributed by atoms with van der Waals surface area (Å²) in [6, 6.07) is 0. The largest absolute Gasteiger partial charge is 0.441 e. The van der Waals surface area contributed by atoms with Crippen LogP contribution in [0.2, 0.25) is 0 Å². The van der Waals surface area contributed by atoms with E-state index in [1.165, 1.54) is 0 Å². The molecule has 7 heteroatoms. The Morgan fingerprint density at radius 3 is 2.78 bits per heavy atom. The van der Waals surface area contributed by atoms with Crippen LogP contribution < -0.4 is 5.32 Å². The Labute approximate surface area is 109 Å². The molecule has 3 rings (SSSR count). The molecule has 18 heavy (non-hydrogen) atoms. The maximum Gasteiger partial charge on any atom is 0.407 e. The number of alkyl carbamates (subject to hydrolysis) is 1. The second-order valence-corrected chi connectivity index (χ2v) is 6.18. The predicted octanol–water partition coefficient (Wildman–Crippen LogP) is 0.921. The van der Waals surface area contributed by atoms with Crippen LogP contribution in [0, 0.1) is 6.92 Å². The first-order valence-electron chi connectivity index (χ1n) is 6.13. The van der Waals surface area contributed by atoms with Gasteiger partial charge in [0.05, 0.1) is 13.1 Å². The van der Waals surface area contributed by atoms with Crippen molar-refractivity contribution in [2.45, 2.75) is 31.9 Å². The Morgan fingerprint density at radius 2 is 2.22 bits per heavy atom. The van der Waals surface area contributed by atoms with Crippen LogP contribution >= 0.6 is 11.3 Å². The number of aromatic nitrogens is 2. The van der Waals surface area contributed by atoms with E-state index in [1.54, 1.807) is 11.3 Å². The van der Waals surface area contributed by atoms with Gasteiger partial charge in [-0.1, -0.05) is 0 Å². The average molecular weight is 268 g/mol. The lowest BCUT2D eigenvalue weighted by Gasteiger charge is -2.36. The lowest BCUT2D eigenvalue weighted by atomic mass is 9.92. The van der Waals surface area contributed by atoms with E-state index in [0.717, 1.165) is 42.5 Å². The van der Waals surface area contributed by atoms with Crippen LogP contribution in [0.3, 0.4) is 0 Å². The quantitative estimate of drug-likeness (QED) is 0.864. The van der Waals surface area contributed by atoms with E-state index in [-0.39, 0.29) is 11.7 Å². The molecule has 0 bridgehead atoms. The highest BCUT2D eigenvalue weighted by atomic mass is 32.1. The van der Waals surface area contributed by atoms with Crippen molar-refractivity contribution in [3.05, 3.63) is 10.0 Å². The molecule has 0 radical (unpaired) electrons. The summed E-state index contributed by atoms with van der Waals surface area (Å²) < 4.78 is 5.39. The molecule has 6 nitrogen and oxygen atoms in total. The molecule has 0 atom stereocenters. The Balaban J connectivity index is 1.55. The summed E-state index contributed by atoms with van der Waals surface area (Å²) in [7, 11) is 0. The van der Waals surface area contributed by atoms with Crippen molar-refractivity contribution in [1.82, 2.24) is 20.4 Å². The van der Waals surface area contributed by atoms with Crippen LogP contribution in [0.5, 0.6) is 0 Å². The average Bonchev–Trinajstić information content (AvgIpc) is 2.90. The number of ether oxygens (including phenoxy) is 1. The SMILES string of the molecule is Cc1nnc(CN2CCC3(CC2)CNC(=O)O3)s1. The highest BCUT2D eigenvalue weighted by molar-refractivity contribution is 7.11. The molecule has 2 saturated heterocycles. The first-order chi connectivity index (χ1) is 8.65. The Bertz CT molecular complexity index is 454. The predicted molar refractivity (Wildman–Crippen MR) is 66.4 cm³/mol. The molecule has 2 aliphatic rings. The first kappa shape index (κ1) is 11.9. The molecule has 2 aliphatic heterocycles. The van der Waals surface area contributed by atoms with E-state index < -0.39 is 0 Å². The number of piperidine rings is 1. The Kier molecular flexibility index (Phi) is 2.95. The highest BCUT2D eigenvalue weighted by Crippen LogP contribution is 2.29. The van der Waals surface area contributed by atoms with E-state index in [4.69, 9.17) is 4.74 Å². The number of nitrogens with zero attached hydrogens (tertiary/aromatic N) is 3. The van der Waals surface area contributed by atoms with Crippen molar-refractivity contribution in [3.63, 3.8) is 0 Å². The van der Waals surface area contributed by atoms with Gasteiger partial charge in [0.1, 0.15) is 15.6 Å². The van der Waals surface area contributed by atoms with Crippen molar-refractivity contribution in [2.24, 2.45) is 0 Å². The van der Waals surface area contributed by atoms with Crippen LogP contribution in [-0.2, 0) is 11.3 Å². The van der Waals surface area contributed by atoms with Crippen LogP contribution in [0.15, 0.2) is 0 Å². The number of amides is 1. The Hall–Kier alpha value is -1.21. The monoisotopic (exact) mass is 268 g/mol. The first-order valence-corrected chi connectivity index (χ1v) is 6.95. The van der Waals surface area contributed by atoms with Gasteiger partial charge in [-0.3, -0.25) is 4.90 Å². The van der Waals surface area contributed by atoms with Gasteiger partial charge >= 0.3 is 6.09 Å². The molecule has 0 saturated carbocycles. The fourth-order valence-corrected chi connectivity index (χ4v) is 3.24. The minimum absolute atomic E-state index is 0.259. The molecule has 1 amide bonds. The van der Waals surface area contributed by atoms with E-state index in [0.29, 0.717) is 6.54 Å². The third kappa shape index (κ3) is 2.32. The van der Waals surface area contributed by atoms with Gasteiger partial charge in [-0.25, -0.2) is 4.79 Å². The minimum Gasteiger partial charge on any atom is -0.441 e. The van der Waals surface area contributed by atoms with Crippen LogP contribution in [-0.4, -0.2) is 46.4 Å². The van der Waals surface area contributed by atoms with E-state index in [9.17, 15) is 4.79 Å². The number of carbonyl (C=O) groups excluding carboxylic acids is 1. The van der Waals surface area contributed by atoms with Crippen LogP contribution in [0.4, 0.5) is 4.79 Å². The highest BCUT2D eigenvalue weighted by Gasteiger charge is 2.42. The molecule has 1 N–H and O–H groups in total. The number of likely N-dealkylation sites (tertiary alicyclic amines) is 1. The van der Waals surface area contributed by atoms with Crippen molar-refractivity contribution in [3.8, 4) is 0 Å². The van der Waals surface area contributed by atoms with Gasteiger partial charge in [-0.2, -0.15) is 0 Å². The summed E-state index contributed by atoms with van der Waals surface area (Å²) >= 11 is 1.64. The van der Waals surface area contributed by atoms with E-state index in [1.807, 2.05) is 6.92 Å². The summed E-state index contributed by atoms with van der Waals surface area (Å²) in [6.45, 7) is 5.34. The lowest BCUT2D eigenvalue weighted by molar-refractivity contribution is -0.00106. The molecule has 0 aliphatic carbocycles. The van der Waals surface area contributed by atoms with Gasteiger partial charge in [0.25, 0.3) is 0 Å². The van der Waals surface area contributed by atoms with E-state index in [2.05, 4.69) is 20.4 Å². The molecule has 0 unspecified atom stereocenters. The third-order valence-electron chi connectivity index (χ3n) is 3.56. The molecule has 0 aromatic carbocycles. The van der Waals surface area contributed by atoms with Gasteiger partial charge in [0.2, 0.25) is 0 Å². The number of hydrogen-bond donors (Lipinski definition) is 1. The van der Waals surface area contributed by atoms with Crippen LogP contribution in [0.25, 0.3) is 0 Å². The third-order valence-corrected chi connectivity index (χ3v) is 4.38. The molecular formula is C11H16N4O2S. The molecule has 1 spiro atoms. The maximum absolute atomic E-state index is 11.1. The lowest BCUT2D eigenvalue weighted by Crippen LogP contribution is -2.46. The summed E-state index contributed by atoms with van der Waals surface area (Å²) in [5, 5.41) is 13.0. The van der Waals surface area contributed by atoms with Crippen molar-refractivity contribution in [1.29, 1.82) is 0 Å². The second kappa shape index (κ2) is 4.47. The summed E-state index contributed by atoms with van der Waals surface area (Å²) in [6.07, 6.45) is 1.51. The molecule has 1 aromatic rings.